The number of aliphatic hydroxyl groups excluding tert-OH is 1. The molecule has 24 heavy (non-hydrogen) atoms. The SMILES string of the molecule is O=S(=O)(c1ccc(F)cc1)C12c3ccc(I)cc3CCC1C2CO. The van der Waals surface area contributed by atoms with Crippen molar-refractivity contribution in [2.45, 2.75) is 22.5 Å². The molecule has 2 aliphatic carbocycles. The second kappa shape index (κ2) is 5.51. The number of rotatable bonds is 3. The first-order valence-electron chi connectivity index (χ1n) is 7.83. The lowest BCUT2D eigenvalue weighted by molar-refractivity contribution is 0.264. The van der Waals surface area contributed by atoms with Gasteiger partial charge in [0.05, 0.1) is 4.90 Å². The van der Waals surface area contributed by atoms with Gasteiger partial charge in [-0.3, -0.25) is 0 Å². The van der Waals surface area contributed by atoms with Gasteiger partial charge >= 0.3 is 0 Å². The van der Waals surface area contributed by atoms with Crippen molar-refractivity contribution >= 4 is 32.4 Å². The minimum atomic E-state index is -3.72. The maximum Gasteiger partial charge on any atom is 0.188 e. The molecule has 0 bridgehead atoms. The van der Waals surface area contributed by atoms with Crippen LogP contribution in [0.2, 0.25) is 0 Å². The van der Waals surface area contributed by atoms with Gasteiger partial charge in [0.2, 0.25) is 0 Å². The molecule has 3 nitrogen and oxygen atoms in total. The molecular formula is C18H16FIO3S. The van der Waals surface area contributed by atoms with E-state index in [0.29, 0.717) is 0 Å². The first-order valence-corrected chi connectivity index (χ1v) is 10.4. The summed E-state index contributed by atoms with van der Waals surface area (Å²) >= 11 is 2.22. The fourth-order valence-corrected chi connectivity index (χ4v) is 7.58. The number of aryl methyl sites for hydroxylation is 1. The van der Waals surface area contributed by atoms with Crippen molar-refractivity contribution in [3.63, 3.8) is 0 Å². The molecule has 6 heteroatoms. The lowest BCUT2D eigenvalue weighted by Crippen LogP contribution is -2.29. The van der Waals surface area contributed by atoms with Gasteiger partial charge in [0.25, 0.3) is 0 Å². The van der Waals surface area contributed by atoms with Crippen LogP contribution >= 0.6 is 22.6 Å². The molecule has 0 saturated heterocycles. The lowest BCUT2D eigenvalue weighted by Gasteiger charge is -2.26. The quantitative estimate of drug-likeness (QED) is 0.568. The summed E-state index contributed by atoms with van der Waals surface area (Å²) in [6.45, 7) is -0.156. The highest BCUT2D eigenvalue weighted by Gasteiger charge is 2.74. The molecule has 0 amide bonds. The zero-order chi connectivity index (χ0) is 17.1. The van der Waals surface area contributed by atoms with E-state index >= 15 is 0 Å². The van der Waals surface area contributed by atoms with Gasteiger partial charge in [-0.2, -0.15) is 0 Å². The van der Waals surface area contributed by atoms with E-state index in [-0.39, 0.29) is 23.3 Å². The Hall–Kier alpha value is -0.990. The zero-order valence-corrected chi connectivity index (χ0v) is 15.7. The Morgan fingerprint density at radius 2 is 1.92 bits per heavy atom. The second-order valence-corrected chi connectivity index (χ2v) is 9.89. The van der Waals surface area contributed by atoms with Gasteiger partial charge < -0.3 is 5.11 Å². The standard InChI is InChI=1S/C18H16FIO3S/c19-12-2-5-14(6-3-12)24(22,23)18-15-8-4-13(20)9-11(15)1-7-16(18)17(18)10-21/h2-6,8-9,16-17,21H,1,7,10H2. The van der Waals surface area contributed by atoms with E-state index in [2.05, 4.69) is 22.6 Å². The maximum atomic E-state index is 13.4. The monoisotopic (exact) mass is 458 g/mol. The van der Waals surface area contributed by atoms with Gasteiger partial charge in [0, 0.05) is 16.1 Å². The van der Waals surface area contributed by atoms with Crippen LogP contribution in [-0.2, 0) is 21.0 Å². The van der Waals surface area contributed by atoms with Crippen LogP contribution in [0.3, 0.4) is 0 Å². The number of benzene rings is 2. The zero-order valence-electron chi connectivity index (χ0n) is 12.7. The Labute approximate surface area is 154 Å². The molecule has 0 spiro atoms. The summed E-state index contributed by atoms with van der Waals surface area (Å²) in [5.74, 6) is -0.838. The molecule has 126 valence electrons. The molecular weight excluding hydrogens is 442 g/mol. The summed E-state index contributed by atoms with van der Waals surface area (Å²) in [6, 6.07) is 10.8. The Balaban J connectivity index is 1.94. The van der Waals surface area contributed by atoms with E-state index in [1.54, 1.807) is 0 Å². The average Bonchev–Trinajstić information content (AvgIpc) is 3.25. The first kappa shape index (κ1) is 16.5. The number of aliphatic hydroxyl groups is 1. The highest BCUT2D eigenvalue weighted by atomic mass is 127. The Morgan fingerprint density at radius 1 is 1.21 bits per heavy atom. The molecule has 0 heterocycles. The van der Waals surface area contributed by atoms with Gasteiger partial charge in [-0.05, 0) is 88.9 Å². The Kier molecular flexibility index (Phi) is 3.78. The fourth-order valence-electron chi connectivity index (χ4n) is 4.40. The van der Waals surface area contributed by atoms with Crippen LogP contribution in [0.5, 0.6) is 0 Å². The minimum Gasteiger partial charge on any atom is -0.396 e. The highest BCUT2D eigenvalue weighted by molar-refractivity contribution is 14.1. The summed E-state index contributed by atoms with van der Waals surface area (Å²) in [5, 5.41) is 9.81. The molecule has 0 aromatic heterocycles. The van der Waals surface area contributed by atoms with Crippen molar-refractivity contribution in [1.29, 1.82) is 0 Å². The molecule has 1 N–H and O–H groups in total. The minimum absolute atomic E-state index is 0.0786. The summed E-state index contributed by atoms with van der Waals surface area (Å²) in [4.78, 5) is 0.122. The number of halogens is 2. The maximum absolute atomic E-state index is 13.4. The van der Waals surface area contributed by atoms with Gasteiger partial charge in [-0.1, -0.05) is 6.07 Å². The highest BCUT2D eigenvalue weighted by Crippen LogP contribution is 2.69. The first-order chi connectivity index (χ1) is 11.4. The van der Waals surface area contributed by atoms with Crippen LogP contribution in [0.15, 0.2) is 47.4 Å². The van der Waals surface area contributed by atoms with E-state index in [0.717, 1.165) is 27.5 Å². The molecule has 4 rings (SSSR count). The van der Waals surface area contributed by atoms with Gasteiger partial charge in [0.15, 0.2) is 9.84 Å². The van der Waals surface area contributed by atoms with Crippen LogP contribution in [0, 0.1) is 21.2 Å². The van der Waals surface area contributed by atoms with Crippen molar-refractivity contribution in [2.75, 3.05) is 6.61 Å². The number of fused-ring (bicyclic) bond motifs is 3. The van der Waals surface area contributed by atoms with Crippen molar-refractivity contribution in [3.8, 4) is 0 Å². The molecule has 3 unspecified atom stereocenters. The molecule has 1 saturated carbocycles. The van der Waals surface area contributed by atoms with E-state index in [1.165, 1.54) is 24.3 Å². The molecule has 2 aromatic rings. The third-order valence-corrected chi connectivity index (χ3v) is 8.74. The molecule has 0 radical (unpaired) electrons. The summed E-state index contributed by atoms with van der Waals surface area (Å²) < 4.78 is 40.1. The van der Waals surface area contributed by atoms with E-state index in [4.69, 9.17) is 0 Å². The van der Waals surface area contributed by atoms with Crippen LogP contribution in [-0.4, -0.2) is 20.1 Å². The summed E-state index contributed by atoms with van der Waals surface area (Å²) in [6.07, 6.45) is 1.58. The van der Waals surface area contributed by atoms with E-state index in [1.807, 2.05) is 18.2 Å². The van der Waals surface area contributed by atoms with Crippen LogP contribution < -0.4 is 0 Å². The predicted molar refractivity (Wildman–Crippen MR) is 96.8 cm³/mol. The van der Waals surface area contributed by atoms with Crippen LogP contribution in [0.25, 0.3) is 0 Å². The van der Waals surface area contributed by atoms with Crippen LogP contribution in [0.4, 0.5) is 4.39 Å². The predicted octanol–water partition coefficient (Wildman–Crippen LogP) is 3.28. The molecule has 2 aliphatic rings. The van der Waals surface area contributed by atoms with Crippen molar-refractivity contribution in [2.24, 2.45) is 11.8 Å². The Morgan fingerprint density at radius 3 is 2.58 bits per heavy atom. The third kappa shape index (κ3) is 2.05. The van der Waals surface area contributed by atoms with Gasteiger partial charge in [-0.25, -0.2) is 12.8 Å². The second-order valence-electron chi connectivity index (χ2n) is 6.49. The summed E-state index contributed by atoms with van der Waals surface area (Å²) in [7, 11) is -3.72. The van der Waals surface area contributed by atoms with Crippen molar-refractivity contribution in [1.82, 2.24) is 0 Å². The van der Waals surface area contributed by atoms with E-state index in [9.17, 15) is 17.9 Å². The van der Waals surface area contributed by atoms with E-state index < -0.39 is 20.4 Å². The lowest BCUT2D eigenvalue weighted by atomic mass is 9.91. The van der Waals surface area contributed by atoms with Gasteiger partial charge in [-0.15, -0.1) is 0 Å². The largest absolute Gasteiger partial charge is 0.396 e. The van der Waals surface area contributed by atoms with Crippen molar-refractivity contribution < 1.29 is 17.9 Å². The normalized spacial score (nSPS) is 28.1. The number of hydrogen-bond acceptors (Lipinski definition) is 3. The molecule has 1 fully saturated rings. The number of sulfone groups is 1. The van der Waals surface area contributed by atoms with Gasteiger partial charge in [0.1, 0.15) is 10.6 Å². The fraction of sp³-hybridized carbons (Fsp3) is 0.333. The molecule has 0 aliphatic heterocycles. The molecule has 2 aromatic carbocycles. The smallest absolute Gasteiger partial charge is 0.188 e. The topological polar surface area (TPSA) is 54.4 Å². The summed E-state index contributed by atoms with van der Waals surface area (Å²) in [5.41, 5.74) is 1.85. The average molecular weight is 458 g/mol. The van der Waals surface area contributed by atoms with Crippen LogP contribution in [0.1, 0.15) is 17.5 Å². The Bertz CT molecular complexity index is 904. The third-order valence-electron chi connectivity index (χ3n) is 5.46. The number of hydrogen-bond donors (Lipinski definition) is 1. The van der Waals surface area contributed by atoms with Crippen molar-refractivity contribution in [3.05, 3.63) is 63.0 Å². The molecule has 3 atom stereocenters.